The molecule has 0 radical (unpaired) electrons. The Kier molecular flexibility index (Phi) is 5.65. The maximum atomic E-state index is 12.1. The van der Waals surface area contributed by atoms with Crippen molar-refractivity contribution in [2.24, 2.45) is 0 Å². The van der Waals surface area contributed by atoms with Gasteiger partial charge in [0.05, 0.1) is 5.56 Å². The summed E-state index contributed by atoms with van der Waals surface area (Å²) in [4.78, 5) is 25.4. The molecule has 0 spiro atoms. The first-order chi connectivity index (χ1) is 12.1. The van der Waals surface area contributed by atoms with Crippen LogP contribution in [0.4, 0.5) is 5.95 Å². The van der Waals surface area contributed by atoms with Gasteiger partial charge in [0.25, 0.3) is 5.91 Å². The van der Waals surface area contributed by atoms with Gasteiger partial charge in [-0.2, -0.15) is 0 Å². The van der Waals surface area contributed by atoms with E-state index in [1.165, 1.54) is 0 Å². The van der Waals surface area contributed by atoms with Crippen LogP contribution in [0.15, 0.2) is 28.9 Å². The van der Waals surface area contributed by atoms with Crippen LogP contribution in [0.1, 0.15) is 28.3 Å². The average molecular weight is 343 g/mol. The predicted molar refractivity (Wildman–Crippen MR) is 95.8 cm³/mol. The molecular weight excluding hydrogens is 318 g/mol. The van der Waals surface area contributed by atoms with Crippen molar-refractivity contribution in [2.45, 2.75) is 20.3 Å². The van der Waals surface area contributed by atoms with E-state index in [1.54, 1.807) is 18.5 Å². The minimum absolute atomic E-state index is 0.0552. The highest BCUT2D eigenvalue weighted by Crippen LogP contribution is 2.13. The SMILES string of the molecule is Cc1cc(C(=O)NCCCN2CCN(c3ncccn3)CC2)c(C)o1. The van der Waals surface area contributed by atoms with Crippen LogP contribution in [0.3, 0.4) is 0 Å². The quantitative estimate of drug-likeness (QED) is 0.804. The molecule has 2 aromatic heterocycles. The van der Waals surface area contributed by atoms with E-state index in [9.17, 15) is 4.79 Å². The molecule has 3 rings (SSSR count). The monoisotopic (exact) mass is 343 g/mol. The number of anilines is 1. The summed E-state index contributed by atoms with van der Waals surface area (Å²) >= 11 is 0. The molecule has 0 unspecified atom stereocenters. The smallest absolute Gasteiger partial charge is 0.254 e. The summed E-state index contributed by atoms with van der Waals surface area (Å²) in [5.41, 5.74) is 0.633. The van der Waals surface area contributed by atoms with Gasteiger partial charge in [-0.05, 0) is 38.9 Å². The van der Waals surface area contributed by atoms with Crippen molar-refractivity contribution in [3.63, 3.8) is 0 Å². The minimum Gasteiger partial charge on any atom is -0.466 e. The third-order valence-corrected chi connectivity index (χ3v) is 4.43. The third kappa shape index (κ3) is 4.57. The molecule has 0 saturated carbocycles. The summed E-state index contributed by atoms with van der Waals surface area (Å²) in [6.45, 7) is 9.17. The fourth-order valence-electron chi connectivity index (χ4n) is 3.08. The van der Waals surface area contributed by atoms with Crippen LogP contribution >= 0.6 is 0 Å². The van der Waals surface area contributed by atoms with Crippen LogP contribution in [0.5, 0.6) is 0 Å². The van der Waals surface area contributed by atoms with Crippen LogP contribution in [0.25, 0.3) is 0 Å². The molecule has 0 atom stereocenters. The first-order valence-electron chi connectivity index (χ1n) is 8.73. The number of carbonyl (C=O) groups excluding carboxylic acids is 1. The zero-order valence-corrected chi connectivity index (χ0v) is 14.9. The lowest BCUT2D eigenvalue weighted by molar-refractivity contribution is 0.0950. The summed E-state index contributed by atoms with van der Waals surface area (Å²) in [5, 5.41) is 2.97. The second-order valence-electron chi connectivity index (χ2n) is 6.31. The molecule has 1 N–H and O–H groups in total. The standard InChI is InChI=1S/C18H25N5O2/c1-14-13-16(15(2)25-14)17(24)19-7-4-8-22-9-11-23(12-10-22)18-20-5-3-6-21-18/h3,5-6,13H,4,7-12H2,1-2H3,(H,19,24). The highest BCUT2D eigenvalue weighted by Gasteiger charge is 2.18. The fourth-order valence-corrected chi connectivity index (χ4v) is 3.08. The highest BCUT2D eigenvalue weighted by molar-refractivity contribution is 5.95. The van der Waals surface area contributed by atoms with Crippen LogP contribution in [0, 0.1) is 13.8 Å². The van der Waals surface area contributed by atoms with Crippen LogP contribution in [-0.2, 0) is 0 Å². The molecule has 1 aliphatic heterocycles. The van der Waals surface area contributed by atoms with Crippen molar-refractivity contribution in [3.05, 3.63) is 41.6 Å². The van der Waals surface area contributed by atoms with E-state index in [1.807, 2.05) is 19.9 Å². The van der Waals surface area contributed by atoms with E-state index >= 15 is 0 Å². The molecule has 25 heavy (non-hydrogen) atoms. The van der Waals surface area contributed by atoms with Crippen LogP contribution in [0.2, 0.25) is 0 Å². The Morgan fingerprint density at radius 1 is 1.20 bits per heavy atom. The van der Waals surface area contributed by atoms with Gasteiger partial charge in [0.15, 0.2) is 0 Å². The summed E-state index contributed by atoms with van der Waals surface area (Å²) in [6.07, 6.45) is 4.49. The van der Waals surface area contributed by atoms with Crippen LogP contribution < -0.4 is 10.2 Å². The molecule has 3 heterocycles. The Balaban J connectivity index is 1.35. The van der Waals surface area contributed by atoms with E-state index in [4.69, 9.17) is 4.42 Å². The maximum Gasteiger partial charge on any atom is 0.254 e. The van der Waals surface area contributed by atoms with E-state index in [0.717, 1.165) is 50.9 Å². The largest absolute Gasteiger partial charge is 0.466 e. The number of furan rings is 1. The Bertz CT molecular complexity index is 693. The molecule has 0 aliphatic carbocycles. The Morgan fingerprint density at radius 2 is 1.92 bits per heavy atom. The molecule has 134 valence electrons. The molecule has 1 aliphatic rings. The van der Waals surface area contributed by atoms with Crippen LogP contribution in [-0.4, -0.2) is 60.0 Å². The Hall–Kier alpha value is -2.41. The van der Waals surface area contributed by atoms with Gasteiger partial charge < -0.3 is 14.6 Å². The number of rotatable bonds is 6. The lowest BCUT2D eigenvalue weighted by Crippen LogP contribution is -2.47. The zero-order valence-electron chi connectivity index (χ0n) is 14.9. The van der Waals surface area contributed by atoms with Gasteiger partial charge in [0.2, 0.25) is 5.95 Å². The first kappa shape index (κ1) is 17.4. The van der Waals surface area contributed by atoms with Crippen molar-refractivity contribution in [1.82, 2.24) is 20.2 Å². The van der Waals surface area contributed by atoms with E-state index < -0.39 is 0 Å². The Morgan fingerprint density at radius 3 is 2.56 bits per heavy atom. The molecule has 7 nitrogen and oxygen atoms in total. The molecule has 0 aromatic carbocycles. The second kappa shape index (κ2) is 8.11. The molecular formula is C18H25N5O2. The first-order valence-corrected chi connectivity index (χ1v) is 8.73. The van der Waals surface area contributed by atoms with Gasteiger partial charge in [-0.15, -0.1) is 0 Å². The lowest BCUT2D eigenvalue weighted by Gasteiger charge is -2.34. The van der Waals surface area contributed by atoms with Gasteiger partial charge in [-0.1, -0.05) is 0 Å². The minimum atomic E-state index is -0.0552. The summed E-state index contributed by atoms with van der Waals surface area (Å²) in [5.74, 6) is 2.19. The van der Waals surface area contributed by atoms with Gasteiger partial charge in [-0.3, -0.25) is 9.69 Å². The molecule has 1 fully saturated rings. The van der Waals surface area contributed by atoms with E-state index in [-0.39, 0.29) is 5.91 Å². The summed E-state index contributed by atoms with van der Waals surface area (Å²) in [7, 11) is 0. The van der Waals surface area contributed by atoms with Gasteiger partial charge >= 0.3 is 0 Å². The predicted octanol–water partition coefficient (Wildman–Crippen LogP) is 1.63. The highest BCUT2D eigenvalue weighted by atomic mass is 16.3. The number of hydrogen-bond acceptors (Lipinski definition) is 6. The van der Waals surface area contributed by atoms with Crippen molar-refractivity contribution < 1.29 is 9.21 Å². The molecule has 1 saturated heterocycles. The normalized spacial score (nSPS) is 15.4. The molecule has 1 amide bonds. The summed E-state index contributed by atoms with van der Waals surface area (Å²) in [6, 6.07) is 3.62. The van der Waals surface area contributed by atoms with Crippen molar-refractivity contribution in [3.8, 4) is 0 Å². The number of amides is 1. The fraction of sp³-hybridized carbons (Fsp3) is 0.500. The molecule has 0 bridgehead atoms. The third-order valence-electron chi connectivity index (χ3n) is 4.43. The zero-order chi connectivity index (χ0) is 17.6. The van der Waals surface area contributed by atoms with Crippen molar-refractivity contribution >= 4 is 11.9 Å². The summed E-state index contributed by atoms with van der Waals surface area (Å²) < 4.78 is 5.40. The second-order valence-corrected chi connectivity index (χ2v) is 6.31. The number of aromatic nitrogens is 2. The number of carbonyl (C=O) groups is 1. The van der Waals surface area contributed by atoms with E-state index in [0.29, 0.717) is 17.9 Å². The number of hydrogen-bond donors (Lipinski definition) is 1. The van der Waals surface area contributed by atoms with Gasteiger partial charge in [-0.25, -0.2) is 9.97 Å². The van der Waals surface area contributed by atoms with Gasteiger partial charge in [0.1, 0.15) is 11.5 Å². The van der Waals surface area contributed by atoms with Gasteiger partial charge in [0, 0.05) is 45.1 Å². The number of nitrogens with one attached hydrogen (secondary N) is 1. The number of nitrogens with zero attached hydrogens (tertiary/aromatic N) is 4. The van der Waals surface area contributed by atoms with E-state index in [2.05, 4.69) is 25.1 Å². The maximum absolute atomic E-state index is 12.1. The average Bonchev–Trinajstić information content (AvgIpc) is 2.98. The molecule has 2 aromatic rings. The lowest BCUT2D eigenvalue weighted by atomic mass is 10.2. The van der Waals surface area contributed by atoms with Crippen molar-refractivity contribution in [1.29, 1.82) is 0 Å². The Labute approximate surface area is 148 Å². The van der Waals surface area contributed by atoms with Crippen molar-refractivity contribution in [2.75, 3.05) is 44.2 Å². The molecule has 7 heteroatoms. The number of aryl methyl sites for hydroxylation is 2. The topological polar surface area (TPSA) is 74.5 Å². The number of piperazine rings is 1.